The van der Waals surface area contributed by atoms with Crippen LogP contribution < -0.4 is 0 Å². The van der Waals surface area contributed by atoms with Gasteiger partial charge in [0.15, 0.2) is 0 Å². The zero-order valence-corrected chi connectivity index (χ0v) is 16.8. The number of rotatable bonds is 2. The molecule has 1 aromatic heterocycles. The Morgan fingerprint density at radius 2 is 1.83 bits per heavy atom. The van der Waals surface area contributed by atoms with E-state index in [9.17, 15) is 14.7 Å². The number of aromatic nitrogens is 1. The first-order valence-corrected chi connectivity index (χ1v) is 11.0. The maximum absolute atomic E-state index is 13.7. The summed E-state index contributed by atoms with van der Waals surface area (Å²) < 4.78 is 0. The number of piperidine rings is 1. The van der Waals surface area contributed by atoms with Gasteiger partial charge in [-0.2, -0.15) is 0 Å². The molecule has 2 aromatic rings. The van der Waals surface area contributed by atoms with E-state index in [1.165, 1.54) is 0 Å². The lowest BCUT2D eigenvalue weighted by Gasteiger charge is -2.48. The van der Waals surface area contributed by atoms with Crippen LogP contribution in [0.1, 0.15) is 61.7 Å². The molecule has 1 unspecified atom stereocenters. The number of hydrogen-bond acceptors (Lipinski definition) is 3. The minimum absolute atomic E-state index is 0.0279. The van der Waals surface area contributed by atoms with Gasteiger partial charge in [-0.1, -0.05) is 0 Å². The number of carbonyl (C=O) groups excluding carboxylic acids is 2. The van der Waals surface area contributed by atoms with Crippen LogP contribution in [-0.4, -0.2) is 62.5 Å². The highest BCUT2D eigenvalue weighted by Crippen LogP contribution is 2.41. The van der Waals surface area contributed by atoms with Crippen LogP contribution in [0.25, 0.3) is 10.9 Å². The molecule has 1 aliphatic carbocycles. The molecule has 2 aliphatic heterocycles. The molecule has 1 spiro atoms. The Kier molecular flexibility index (Phi) is 4.62. The molecular formula is C23H29N3O3. The number of likely N-dealkylation sites (tertiary alicyclic amines) is 2. The van der Waals surface area contributed by atoms with Crippen molar-refractivity contribution in [3.05, 3.63) is 36.0 Å². The zero-order chi connectivity index (χ0) is 20.0. The Balaban J connectivity index is 1.42. The first-order valence-electron chi connectivity index (χ1n) is 11.0. The van der Waals surface area contributed by atoms with Crippen LogP contribution in [0.4, 0.5) is 0 Å². The number of nitrogens with zero attached hydrogens (tertiary/aromatic N) is 2. The van der Waals surface area contributed by atoms with Gasteiger partial charge in [0, 0.05) is 41.8 Å². The monoisotopic (exact) mass is 395 g/mol. The van der Waals surface area contributed by atoms with E-state index in [0.717, 1.165) is 68.8 Å². The van der Waals surface area contributed by atoms with Crippen LogP contribution in [-0.2, 0) is 4.79 Å². The molecule has 6 nitrogen and oxygen atoms in total. The molecule has 6 heteroatoms. The molecule has 3 heterocycles. The molecule has 5 rings (SSSR count). The van der Waals surface area contributed by atoms with Crippen molar-refractivity contribution in [1.82, 2.24) is 14.8 Å². The summed E-state index contributed by atoms with van der Waals surface area (Å²) in [6.45, 7) is 1.42. The predicted molar refractivity (Wildman–Crippen MR) is 111 cm³/mol. The largest absolute Gasteiger partial charge is 0.393 e. The molecule has 1 atom stereocenters. The number of aromatic amines is 1. The fourth-order valence-corrected chi connectivity index (χ4v) is 5.73. The van der Waals surface area contributed by atoms with E-state index < -0.39 is 5.54 Å². The van der Waals surface area contributed by atoms with Gasteiger partial charge in [0.1, 0.15) is 5.54 Å². The minimum Gasteiger partial charge on any atom is -0.393 e. The van der Waals surface area contributed by atoms with E-state index in [0.29, 0.717) is 12.1 Å². The Bertz CT molecular complexity index is 930. The maximum Gasteiger partial charge on any atom is 0.254 e. The number of aliphatic hydroxyl groups is 1. The first kappa shape index (κ1) is 18.7. The number of benzene rings is 1. The lowest BCUT2D eigenvalue weighted by atomic mass is 9.82. The summed E-state index contributed by atoms with van der Waals surface area (Å²) in [6, 6.07) is 7.90. The minimum atomic E-state index is -0.682. The van der Waals surface area contributed by atoms with E-state index >= 15 is 0 Å². The number of hydrogen-bond donors (Lipinski definition) is 2. The van der Waals surface area contributed by atoms with Crippen LogP contribution in [0.3, 0.4) is 0 Å². The van der Waals surface area contributed by atoms with Crippen molar-refractivity contribution in [3.8, 4) is 0 Å². The second-order valence-corrected chi connectivity index (χ2v) is 8.94. The highest BCUT2D eigenvalue weighted by Gasteiger charge is 2.53. The summed E-state index contributed by atoms with van der Waals surface area (Å²) in [6.07, 6.45) is 8.23. The van der Waals surface area contributed by atoms with Crippen molar-refractivity contribution in [2.75, 3.05) is 13.1 Å². The van der Waals surface area contributed by atoms with Gasteiger partial charge in [-0.15, -0.1) is 0 Å². The van der Waals surface area contributed by atoms with Crippen molar-refractivity contribution in [2.24, 2.45) is 0 Å². The SMILES string of the molecule is O=C(c1ccc2[nH]ccc2c1)N1CCCC12CCCN(C1CCC(O)CC1)C2=O. The van der Waals surface area contributed by atoms with E-state index in [1.807, 2.05) is 40.3 Å². The highest BCUT2D eigenvalue weighted by molar-refractivity contribution is 6.02. The van der Waals surface area contributed by atoms with Crippen LogP contribution in [0.15, 0.2) is 30.5 Å². The Morgan fingerprint density at radius 3 is 2.62 bits per heavy atom. The zero-order valence-electron chi connectivity index (χ0n) is 16.8. The van der Waals surface area contributed by atoms with Crippen molar-refractivity contribution >= 4 is 22.7 Å². The van der Waals surface area contributed by atoms with Crippen molar-refractivity contribution < 1.29 is 14.7 Å². The van der Waals surface area contributed by atoms with Gasteiger partial charge in [0.25, 0.3) is 5.91 Å². The van der Waals surface area contributed by atoms with Gasteiger partial charge in [-0.05, 0) is 75.6 Å². The third kappa shape index (κ3) is 3.05. The van der Waals surface area contributed by atoms with Crippen LogP contribution in [0.5, 0.6) is 0 Å². The second-order valence-electron chi connectivity index (χ2n) is 8.94. The fraction of sp³-hybridized carbons (Fsp3) is 0.565. The van der Waals surface area contributed by atoms with E-state index in [-0.39, 0.29) is 24.0 Å². The third-order valence-corrected chi connectivity index (χ3v) is 7.29. The fourth-order valence-electron chi connectivity index (χ4n) is 5.73. The summed E-state index contributed by atoms with van der Waals surface area (Å²) in [7, 11) is 0. The average molecular weight is 396 g/mol. The molecule has 1 aromatic carbocycles. The molecule has 0 bridgehead atoms. The number of fused-ring (bicyclic) bond motifs is 1. The molecule has 29 heavy (non-hydrogen) atoms. The third-order valence-electron chi connectivity index (χ3n) is 7.29. The number of nitrogens with one attached hydrogen (secondary N) is 1. The lowest BCUT2D eigenvalue weighted by molar-refractivity contribution is -0.149. The standard InChI is InChI=1S/C23H29N3O3/c27-19-6-4-18(5-7-19)25-13-1-10-23(22(25)29)11-2-14-26(23)21(28)17-3-8-20-16(15-17)9-12-24-20/h3,8-9,12,15,18-19,24,27H,1-2,4-7,10-11,13-14H2. The lowest BCUT2D eigenvalue weighted by Crippen LogP contribution is -2.63. The summed E-state index contributed by atoms with van der Waals surface area (Å²) in [4.78, 5) is 34.2. The van der Waals surface area contributed by atoms with Crippen molar-refractivity contribution in [1.29, 1.82) is 0 Å². The smallest absolute Gasteiger partial charge is 0.254 e. The van der Waals surface area contributed by atoms with E-state index in [2.05, 4.69) is 4.98 Å². The topological polar surface area (TPSA) is 76.6 Å². The quantitative estimate of drug-likeness (QED) is 0.820. The Labute approximate surface area is 170 Å². The van der Waals surface area contributed by atoms with Crippen molar-refractivity contribution in [2.45, 2.75) is 69.1 Å². The summed E-state index contributed by atoms with van der Waals surface area (Å²) in [5.41, 5.74) is 0.986. The van der Waals surface area contributed by atoms with Crippen LogP contribution in [0.2, 0.25) is 0 Å². The number of aliphatic hydroxyl groups excluding tert-OH is 1. The molecule has 2 N–H and O–H groups in total. The maximum atomic E-state index is 13.7. The first-order chi connectivity index (χ1) is 14.1. The molecule has 1 saturated carbocycles. The van der Waals surface area contributed by atoms with Gasteiger partial charge in [-0.3, -0.25) is 9.59 Å². The number of carbonyl (C=O) groups is 2. The van der Waals surface area contributed by atoms with Crippen LogP contribution in [0, 0.1) is 0 Å². The normalized spacial score (nSPS) is 30.4. The highest BCUT2D eigenvalue weighted by atomic mass is 16.3. The van der Waals surface area contributed by atoms with E-state index in [1.54, 1.807) is 0 Å². The van der Waals surface area contributed by atoms with Gasteiger partial charge in [0.2, 0.25) is 5.91 Å². The summed E-state index contributed by atoms with van der Waals surface area (Å²) >= 11 is 0. The molecule has 0 radical (unpaired) electrons. The van der Waals surface area contributed by atoms with Gasteiger partial charge < -0.3 is 19.9 Å². The number of H-pyrrole nitrogens is 1. The van der Waals surface area contributed by atoms with Gasteiger partial charge >= 0.3 is 0 Å². The summed E-state index contributed by atoms with van der Waals surface area (Å²) in [5.74, 6) is 0.110. The van der Waals surface area contributed by atoms with Crippen LogP contribution >= 0.6 is 0 Å². The molecule has 3 aliphatic rings. The van der Waals surface area contributed by atoms with Crippen molar-refractivity contribution in [3.63, 3.8) is 0 Å². The Morgan fingerprint density at radius 1 is 1.07 bits per heavy atom. The predicted octanol–water partition coefficient (Wildman–Crippen LogP) is 3.07. The Hall–Kier alpha value is -2.34. The average Bonchev–Trinajstić information content (AvgIpc) is 3.37. The molecule has 2 saturated heterocycles. The second kappa shape index (κ2) is 7.17. The van der Waals surface area contributed by atoms with Gasteiger partial charge in [-0.25, -0.2) is 0 Å². The van der Waals surface area contributed by atoms with E-state index in [4.69, 9.17) is 0 Å². The molecular weight excluding hydrogens is 366 g/mol. The molecule has 3 fully saturated rings. The summed E-state index contributed by atoms with van der Waals surface area (Å²) in [5, 5.41) is 10.9. The van der Waals surface area contributed by atoms with Gasteiger partial charge in [0.05, 0.1) is 6.10 Å². The molecule has 2 amide bonds. The molecule has 154 valence electrons. The number of amides is 2.